The zero-order chi connectivity index (χ0) is 11.2. The molecule has 0 amide bonds. The molecular weight excluding hydrogens is 206 g/mol. The molecule has 0 spiro atoms. The van der Waals surface area contributed by atoms with E-state index in [-0.39, 0.29) is 0 Å². The maximum atomic E-state index is 3.67. The fraction of sp³-hybridized carbons (Fsp3) is 1.00. The molecular formula is C16H27N. The highest BCUT2D eigenvalue weighted by Crippen LogP contribution is 2.49. The van der Waals surface area contributed by atoms with Gasteiger partial charge in [0.25, 0.3) is 0 Å². The maximum absolute atomic E-state index is 3.67. The number of hydrogen-bond donors (Lipinski definition) is 1. The maximum Gasteiger partial charge on any atom is 0.0110 e. The van der Waals surface area contributed by atoms with Gasteiger partial charge in [-0.1, -0.05) is 25.7 Å². The van der Waals surface area contributed by atoms with Gasteiger partial charge in [-0.15, -0.1) is 0 Å². The fourth-order valence-electron chi connectivity index (χ4n) is 5.58. The molecule has 17 heavy (non-hydrogen) atoms. The first-order valence-corrected chi connectivity index (χ1v) is 8.13. The van der Waals surface area contributed by atoms with Crippen molar-refractivity contribution < 1.29 is 0 Å². The quantitative estimate of drug-likeness (QED) is 0.674. The van der Waals surface area contributed by atoms with Crippen molar-refractivity contribution in [2.45, 2.75) is 63.8 Å². The average molecular weight is 233 g/mol. The molecule has 6 unspecified atom stereocenters. The van der Waals surface area contributed by atoms with E-state index in [2.05, 4.69) is 5.32 Å². The number of fused-ring (bicyclic) bond motifs is 5. The van der Waals surface area contributed by atoms with Crippen LogP contribution in [0.5, 0.6) is 0 Å². The van der Waals surface area contributed by atoms with Gasteiger partial charge in [0.1, 0.15) is 0 Å². The predicted octanol–water partition coefficient (Wildman–Crippen LogP) is 3.59. The fourth-order valence-corrected chi connectivity index (χ4v) is 5.58. The molecule has 0 aromatic carbocycles. The van der Waals surface area contributed by atoms with E-state index in [0.717, 1.165) is 35.6 Å². The molecule has 1 heteroatoms. The van der Waals surface area contributed by atoms with Gasteiger partial charge in [0.15, 0.2) is 0 Å². The van der Waals surface area contributed by atoms with Gasteiger partial charge in [-0.25, -0.2) is 0 Å². The predicted molar refractivity (Wildman–Crippen MR) is 70.8 cm³/mol. The van der Waals surface area contributed by atoms with Crippen LogP contribution in [-0.4, -0.2) is 12.6 Å². The molecule has 4 fully saturated rings. The van der Waals surface area contributed by atoms with Crippen LogP contribution in [0.25, 0.3) is 0 Å². The van der Waals surface area contributed by atoms with E-state index in [4.69, 9.17) is 0 Å². The van der Waals surface area contributed by atoms with Gasteiger partial charge in [-0.05, 0) is 68.2 Å². The summed E-state index contributed by atoms with van der Waals surface area (Å²) in [6.45, 7) is 1.35. The van der Waals surface area contributed by atoms with E-state index in [0.29, 0.717) is 0 Å². The summed E-state index contributed by atoms with van der Waals surface area (Å²) in [6, 6.07) is 0.926. The van der Waals surface area contributed by atoms with Gasteiger partial charge >= 0.3 is 0 Å². The Labute approximate surface area is 106 Å². The van der Waals surface area contributed by atoms with Crippen molar-refractivity contribution in [3.8, 4) is 0 Å². The second-order valence-electron chi connectivity index (χ2n) is 7.39. The molecule has 1 nitrogen and oxygen atoms in total. The molecule has 1 heterocycles. The molecule has 3 aliphatic carbocycles. The van der Waals surface area contributed by atoms with Crippen LogP contribution < -0.4 is 5.32 Å². The van der Waals surface area contributed by atoms with E-state index in [1.807, 2.05) is 0 Å². The van der Waals surface area contributed by atoms with Gasteiger partial charge in [0, 0.05) is 6.04 Å². The van der Waals surface area contributed by atoms with Crippen molar-refractivity contribution >= 4 is 0 Å². The van der Waals surface area contributed by atoms with Crippen LogP contribution in [-0.2, 0) is 0 Å². The molecule has 4 aliphatic rings. The Hall–Kier alpha value is -0.0400. The van der Waals surface area contributed by atoms with Crippen molar-refractivity contribution in [1.29, 1.82) is 0 Å². The molecule has 96 valence electrons. The van der Waals surface area contributed by atoms with Gasteiger partial charge in [-0.3, -0.25) is 0 Å². The summed E-state index contributed by atoms with van der Waals surface area (Å²) in [5.41, 5.74) is 0. The lowest BCUT2D eigenvalue weighted by atomic mass is 9.59. The van der Waals surface area contributed by atoms with E-state index >= 15 is 0 Å². The number of nitrogens with one attached hydrogen (secondary N) is 1. The topological polar surface area (TPSA) is 12.0 Å². The zero-order valence-electron chi connectivity index (χ0n) is 11.0. The summed E-state index contributed by atoms with van der Waals surface area (Å²) in [5, 5.41) is 3.67. The molecule has 0 aromatic rings. The van der Waals surface area contributed by atoms with Gasteiger partial charge < -0.3 is 5.32 Å². The first-order chi connectivity index (χ1) is 8.40. The SMILES string of the molecule is C1CC2CCC3CCC4NCC4C3CC(C1)C2. The molecule has 4 rings (SSSR count). The largest absolute Gasteiger partial charge is 0.313 e. The first-order valence-electron chi connectivity index (χ1n) is 8.13. The van der Waals surface area contributed by atoms with Crippen molar-refractivity contribution in [2.24, 2.45) is 29.6 Å². The van der Waals surface area contributed by atoms with E-state index in [1.54, 1.807) is 44.9 Å². The smallest absolute Gasteiger partial charge is 0.0110 e. The van der Waals surface area contributed by atoms with Gasteiger partial charge in [0.05, 0.1) is 0 Å². The molecule has 6 atom stereocenters. The van der Waals surface area contributed by atoms with Gasteiger partial charge in [-0.2, -0.15) is 0 Å². The van der Waals surface area contributed by atoms with Crippen LogP contribution in [0.1, 0.15) is 57.8 Å². The normalized spacial score (nSPS) is 53.6. The molecule has 3 saturated carbocycles. The van der Waals surface area contributed by atoms with Crippen molar-refractivity contribution in [2.75, 3.05) is 6.54 Å². The molecule has 2 bridgehead atoms. The van der Waals surface area contributed by atoms with E-state index in [1.165, 1.54) is 19.4 Å². The minimum Gasteiger partial charge on any atom is -0.313 e. The summed E-state index contributed by atoms with van der Waals surface area (Å²) in [4.78, 5) is 0. The Kier molecular flexibility index (Phi) is 2.72. The summed E-state index contributed by atoms with van der Waals surface area (Å²) in [6.07, 6.45) is 14.0. The Morgan fingerprint density at radius 2 is 1.59 bits per heavy atom. The van der Waals surface area contributed by atoms with Crippen LogP contribution in [0.2, 0.25) is 0 Å². The third-order valence-electron chi connectivity index (χ3n) is 6.58. The Morgan fingerprint density at radius 3 is 2.47 bits per heavy atom. The minimum absolute atomic E-state index is 0.926. The third kappa shape index (κ3) is 1.85. The zero-order valence-corrected chi connectivity index (χ0v) is 11.0. The van der Waals surface area contributed by atoms with Crippen LogP contribution in [0, 0.1) is 29.6 Å². The summed E-state index contributed by atoms with van der Waals surface area (Å²) < 4.78 is 0. The lowest BCUT2D eigenvalue weighted by Crippen LogP contribution is -2.60. The van der Waals surface area contributed by atoms with E-state index in [9.17, 15) is 0 Å². The lowest BCUT2D eigenvalue weighted by Gasteiger charge is -2.53. The highest BCUT2D eigenvalue weighted by Gasteiger charge is 2.45. The standard InChI is InChI=1S/C16H27N/c1-2-11-4-5-13-6-7-16-15(10-17-16)14(13)9-12(3-1)8-11/h11-17H,1-10H2. The minimum atomic E-state index is 0.926. The van der Waals surface area contributed by atoms with Crippen molar-refractivity contribution in [3.63, 3.8) is 0 Å². The molecule has 1 saturated heterocycles. The summed E-state index contributed by atoms with van der Waals surface area (Å²) in [5.74, 6) is 5.53. The van der Waals surface area contributed by atoms with Crippen molar-refractivity contribution in [1.82, 2.24) is 5.32 Å². The summed E-state index contributed by atoms with van der Waals surface area (Å²) >= 11 is 0. The lowest BCUT2D eigenvalue weighted by molar-refractivity contribution is 0.00789. The highest BCUT2D eigenvalue weighted by molar-refractivity contribution is 5.00. The van der Waals surface area contributed by atoms with Gasteiger partial charge in [0.2, 0.25) is 0 Å². The van der Waals surface area contributed by atoms with Crippen LogP contribution in [0.15, 0.2) is 0 Å². The van der Waals surface area contributed by atoms with Crippen LogP contribution in [0.4, 0.5) is 0 Å². The number of rotatable bonds is 0. The molecule has 1 N–H and O–H groups in total. The van der Waals surface area contributed by atoms with Crippen molar-refractivity contribution in [3.05, 3.63) is 0 Å². The third-order valence-corrected chi connectivity index (χ3v) is 6.58. The Bertz CT molecular complexity index is 287. The van der Waals surface area contributed by atoms with Crippen LogP contribution in [0.3, 0.4) is 0 Å². The monoisotopic (exact) mass is 233 g/mol. The second-order valence-corrected chi connectivity index (χ2v) is 7.39. The highest BCUT2D eigenvalue weighted by atomic mass is 15.0. The van der Waals surface area contributed by atoms with E-state index < -0.39 is 0 Å². The molecule has 0 aromatic heterocycles. The Balaban J connectivity index is 1.53. The summed E-state index contributed by atoms with van der Waals surface area (Å²) in [7, 11) is 0. The Morgan fingerprint density at radius 1 is 0.706 bits per heavy atom. The molecule has 0 radical (unpaired) electrons. The second kappa shape index (κ2) is 4.26. The first kappa shape index (κ1) is 10.8. The molecule has 1 aliphatic heterocycles. The van der Waals surface area contributed by atoms with Crippen LogP contribution >= 0.6 is 0 Å². The average Bonchev–Trinajstić information content (AvgIpc) is 2.29. The number of hydrogen-bond acceptors (Lipinski definition) is 1.